The van der Waals surface area contributed by atoms with Gasteiger partial charge in [0.1, 0.15) is 29.1 Å². The standard InChI is InChI=1S/C35H32F3N5O5/c1-6-25(45)41-15-23-34(47)40(5)32-31(42(23)14-17(41)4)20-13-22(37)27(26-21(36)11-8-12-24(26)44)28(38)30(20)43(35(32)48)29-18(16(2)3)9-7-10-19(29)33(39)46/h6-13,16-17,23,44H,1,14-15H2,2-5H3,(H2,39,46). The van der Waals surface area contributed by atoms with Crippen molar-refractivity contribution < 1.29 is 32.7 Å². The lowest BCUT2D eigenvalue weighted by Gasteiger charge is -2.50. The molecular formula is C35H32F3N5O5. The number of likely N-dealkylation sites (N-methyl/N-ethyl adjacent to an activating group) is 1. The first-order valence-corrected chi connectivity index (χ1v) is 15.2. The van der Waals surface area contributed by atoms with E-state index in [1.807, 2.05) is 0 Å². The highest BCUT2D eigenvalue weighted by atomic mass is 19.1. The van der Waals surface area contributed by atoms with Crippen molar-refractivity contribution in [2.24, 2.45) is 5.73 Å². The van der Waals surface area contributed by atoms with E-state index in [1.54, 1.807) is 37.8 Å². The fourth-order valence-corrected chi connectivity index (χ4v) is 6.91. The van der Waals surface area contributed by atoms with Crippen LogP contribution in [0.15, 0.2) is 59.9 Å². The highest BCUT2D eigenvalue weighted by Gasteiger charge is 2.46. The number of para-hydroxylation sites is 1. The number of nitrogens with two attached hydrogens (primary N) is 1. The number of pyridine rings is 1. The van der Waals surface area contributed by atoms with Gasteiger partial charge in [-0.05, 0) is 48.7 Å². The summed E-state index contributed by atoms with van der Waals surface area (Å²) >= 11 is 0. The summed E-state index contributed by atoms with van der Waals surface area (Å²) in [6, 6.07) is 7.06. The molecule has 48 heavy (non-hydrogen) atoms. The molecule has 248 valence electrons. The maximum Gasteiger partial charge on any atom is 0.281 e. The zero-order valence-electron chi connectivity index (χ0n) is 26.6. The molecule has 0 saturated carbocycles. The van der Waals surface area contributed by atoms with Crippen LogP contribution in [0.3, 0.4) is 0 Å². The van der Waals surface area contributed by atoms with E-state index >= 15 is 13.2 Å². The largest absolute Gasteiger partial charge is 0.507 e. The van der Waals surface area contributed by atoms with Gasteiger partial charge in [-0.3, -0.25) is 23.7 Å². The number of fused-ring (bicyclic) bond motifs is 5. The number of rotatable bonds is 5. The number of nitrogens with zero attached hydrogens (tertiary/aromatic N) is 4. The van der Waals surface area contributed by atoms with Crippen molar-refractivity contribution >= 4 is 40.0 Å². The van der Waals surface area contributed by atoms with Gasteiger partial charge >= 0.3 is 0 Å². The number of aromatic hydroxyl groups is 1. The van der Waals surface area contributed by atoms with Gasteiger partial charge in [0.25, 0.3) is 17.4 Å². The molecule has 13 heteroatoms. The lowest BCUT2D eigenvalue weighted by molar-refractivity contribution is -0.130. The molecule has 3 heterocycles. The summed E-state index contributed by atoms with van der Waals surface area (Å²) in [5.74, 6) is -6.80. The summed E-state index contributed by atoms with van der Waals surface area (Å²) in [4.78, 5) is 58.3. The van der Waals surface area contributed by atoms with E-state index < -0.39 is 75.2 Å². The number of anilines is 2. The van der Waals surface area contributed by atoms with Gasteiger partial charge in [0.05, 0.1) is 40.1 Å². The van der Waals surface area contributed by atoms with Crippen LogP contribution in [-0.4, -0.2) is 64.5 Å². The predicted octanol–water partition coefficient (Wildman–Crippen LogP) is 4.57. The summed E-state index contributed by atoms with van der Waals surface area (Å²) in [6.07, 6.45) is 1.12. The van der Waals surface area contributed by atoms with E-state index in [2.05, 4.69) is 6.58 Å². The minimum Gasteiger partial charge on any atom is -0.507 e. The van der Waals surface area contributed by atoms with Crippen molar-refractivity contribution in [3.63, 3.8) is 0 Å². The fourth-order valence-electron chi connectivity index (χ4n) is 6.91. The number of primary amides is 1. The van der Waals surface area contributed by atoms with Crippen LogP contribution >= 0.6 is 0 Å². The minimum absolute atomic E-state index is 0.00356. The first kappa shape index (κ1) is 32.4. The van der Waals surface area contributed by atoms with Crippen LogP contribution in [-0.2, 0) is 9.59 Å². The summed E-state index contributed by atoms with van der Waals surface area (Å²) in [5, 5.41) is 10.4. The van der Waals surface area contributed by atoms with Crippen LogP contribution in [0.2, 0.25) is 0 Å². The maximum absolute atomic E-state index is 17.3. The molecule has 2 aliphatic heterocycles. The van der Waals surface area contributed by atoms with Crippen molar-refractivity contribution in [3.8, 4) is 22.6 Å². The van der Waals surface area contributed by atoms with Crippen LogP contribution < -0.4 is 21.1 Å². The minimum atomic E-state index is -1.40. The second-order valence-corrected chi connectivity index (χ2v) is 12.3. The third-order valence-corrected chi connectivity index (χ3v) is 9.16. The van der Waals surface area contributed by atoms with Crippen molar-refractivity contribution in [1.29, 1.82) is 0 Å². The maximum atomic E-state index is 17.3. The van der Waals surface area contributed by atoms with Gasteiger partial charge in [-0.2, -0.15) is 0 Å². The third-order valence-electron chi connectivity index (χ3n) is 9.16. The van der Waals surface area contributed by atoms with Crippen molar-refractivity contribution in [2.75, 3.05) is 29.9 Å². The quantitative estimate of drug-likeness (QED) is 0.302. The Morgan fingerprint density at radius 3 is 2.31 bits per heavy atom. The molecule has 0 aliphatic carbocycles. The first-order chi connectivity index (χ1) is 22.7. The van der Waals surface area contributed by atoms with Gasteiger partial charge < -0.3 is 25.5 Å². The number of benzene rings is 3. The van der Waals surface area contributed by atoms with Crippen molar-refractivity contribution in [3.05, 3.63) is 94.1 Å². The molecule has 0 bridgehead atoms. The third kappa shape index (κ3) is 4.63. The highest BCUT2D eigenvalue weighted by molar-refractivity contribution is 6.13. The van der Waals surface area contributed by atoms with Crippen molar-refractivity contribution in [1.82, 2.24) is 9.47 Å². The molecule has 1 fully saturated rings. The molecule has 2 atom stereocenters. The second-order valence-electron chi connectivity index (χ2n) is 12.3. The van der Waals surface area contributed by atoms with Gasteiger partial charge in [0, 0.05) is 25.0 Å². The number of carbonyl (C=O) groups excluding carboxylic acids is 3. The number of halogens is 3. The predicted molar refractivity (Wildman–Crippen MR) is 175 cm³/mol. The summed E-state index contributed by atoms with van der Waals surface area (Å²) in [6.45, 7) is 8.71. The van der Waals surface area contributed by atoms with E-state index in [9.17, 15) is 24.3 Å². The molecule has 1 saturated heterocycles. The van der Waals surface area contributed by atoms with E-state index in [1.165, 1.54) is 24.1 Å². The molecule has 1 aromatic heterocycles. The Morgan fingerprint density at radius 2 is 1.69 bits per heavy atom. The van der Waals surface area contributed by atoms with Crippen LogP contribution in [0.5, 0.6) is 5.75 Å². The number of phenolic OH excluding ortho intramolecular Hbond substituents is 1. The zero-order valence-corrected chi connectivity index (χ0v) is 26.6. The molecule has 0 spiro atoms. The number of amides is 3. The molecule has 6 rings (SSSR count). The van der Waals surface area contributed by atoms with Crippen LogP contribution in [0.25, 0.3) is 27.7 Å². The van der Waals surface area contributed by atoms with Gasteiger partial charge in [-0.1, -0.05) is 38.6 Å². The van der Waals surface area contributed by atoms with E-state index in [0.29, 0.717) is 5.56 Å². The molecule has 10 nitrogen and oxygen atoms in total. The summed E-state index contributed by atoms with van der Waals surface area (Å²) < 4.78 is 49.6. The highest BCUT2D eigenvalue weighted by Crippen LogP contribution is 2.46. The SMILES string of the molecule is C=CC(=O)N1CC2C(=O)N(C)c3c(c4cc(F)c(-c5c(O)cccc5F)c(F)c4n(-c4c(C(N)=O)cccc4C(C)C)c3=O)N2CC1C. The lowest BCUT2D eigenvalue weighted by Crippen LogP contribution is -2.66. The molecule has 3 N–H and O–H groups in total. The summed E-state index contributed by atoms with van der Waals surface area (Å²) in [7, 11) is 1.34. The van der Waals surface area contributed by atoms with E-state index in [0.717, 1.165) is 33.7 Å². The lowest BCUT2D eigenvalue weighted by atomic mass is 9.93. The Balaban J connectivity index is 1.83. The van der Waals surface area contributed by atoms with E-state index in [4.69, 9.17) is 5.73 Å². The number of hydrogen-bond donors (Lipinski definition) is 2. The number of hydrogen-bond acceptors (Lipinski definition) is 6. The first-order valence-electron chi connectivity index (χ1n) is 15.2. The normalized spacial score (nSPS) is 17.5. The Labute approximate surface area is 273 Å². The Morgan fingerprint density at radius 1 is 1.00 bits per heavy atom. The fraction of sp³-hybridized carbons (Fsp3) is 0.257. The molecule has 3 amide bonds. The average Bonchev–Trinajstić information content (AvgIpc) is 3.03. The zero-order chi connectivity index (χ0) is 34.9. The number of phenols is 1. The Hall–Kier alpha value is -5.59. The molecular weight excluding hydrogens is 627 g/mol. The van der Waals surface area contributed by atoms with Gasteiger partial charge in [0.2, 0.25) is 5.91 Å². The molecule has 2 aliphatic rings. The number of carbonyl (C=O) groups is 3. The van der Waals surface area contributed by atoms with Gasteiger partial charge in [0.15, 0.2) is 5.82 Å². The van der Waals surface area contributed by atoms with Crippen molar-refractivity contribution in [2.45, 2.75) is 38.8 Å². The Kier molecular flexibility index (Phi) is 7.81. The average molecular weight is 660 g/mol. The topological polar surface area (TPSA) is 129 Å². The van der Waals surface area contributed by atoms with Gasteiger partial charge in [-0.15, -0.1) is 0 Å². The smallest absolute Gasteiger partial charge is 0.281 e. The molecule has 4 aromatic rings. The van der Waals surface area contributed by atoms with Crippen LogP contribution in [0.4, 0.5) is 24.5 Å². The molecule has 0 radical (unpaired) electrons. The monoisotopic (exact) mass is 659 g/mol. The van der Waals surface area contributed by atoms with Crippen LogP contribution in [0.1, 0.15) is 42.6 Å². The Bertz CT molecular complexity index is 2130. The molecule has 2 unspecified atom stereocenters. The van der Waals surface area contributed by atoms with Crippen LogP contribution in [0, 0.1) is 17.5 Å². The number of piperazine rings is 1. The second kappa shape index (κ2) is 11.6. The van der Waals surface area contributed by atoms with Gasteiger partial charge in [-0.25, -0.2) is 13.2 Å². The summed E-state index contributed by atoms with van der Waals surface area (Å²) in [5.41, 5.74) is 2.53. The number of aromatic nitrogens is 1. The molecule has 3 aromatic carbocycles. The van der Waals surface area contributed by atoms with E-state index in [-0.39, 0.29) is 47.0 Å².